The van der Waals surface area contributed by atoms with E-state index in [1.807, 2.05) is 6.20 Å². The first kappa shape index (κ1) is 14.8. The van der Waals surface area contributed by atoms with E-state index in [2.05, 4.69) is 55.3 Å². The van der Waals surface area contributed by atoms with Gasteiger partial charge in [0, 0.05) is 18.0 Å². The van der Waals surface area contributed by atoms with E-state index in [4.69, 9.17) is 4.42 Å². The van der Waals surface area contributed by atoms with Crippen molar-refractivity contribution in [3.63, 3.8) is 0 Å². The Bertz CT molecular complexity index is 514. The summed E-state index contributed by atoms with van der Waals surface area (Å²) in [6, 6.07) is 9.02. The second-order valence-electron chi connectivity index (χ2n) is 5.38. The van der Waals surface area contributed by atoms with Crippen molar-refractivity contribution >= 4 is 0 Å². The molecule has 0 aliphatic rings. The zero-order valence-electron chi connectivity index (χ0n) is 12.6. The molecule has 3 heteroatoms. The minimum atomic E-state index is 0.534. The van der Waals surface area contributed by atoms with E-state index in [0.29, 0.717) is 6.04 Å². The van der Waals surface area contributed by atoms with Crippen LogP contribution in [0.3, 0.4) is 0 Å². The first-order valence-electron chi connectivity index (χ1n) is 7.46. The highest BCUT2D eigenvalue weighted by molar-refractivity contribution is 5.56. The first-order valence-corrected chi connectivity index (χ1v) is 7.46. The van der Waals surface area contributed by atoms with Crippen LogP contribution in [0.25, 0.3) is 11.3 Å². The summed E-state index contributed by atoms with van der Waals surface area (Å²) in [7, 11) is 0. The quantitative estimate of drug-likeness (QED) is 0.778. The third kappa shape index (κ3) is 4.20. The Morgan fingerprint density at radius 3 is 2.60 bits per heavy atom. The molecule has 2 aromatic rings. The lowest BCUT2D eigenvalue weighted by atomic mass is 10.1. The normalized spacial score (nSPS) is 11.2. The fourth-order valence-corrected chi connectivity index (χ4v) is 2.09. The predicted octanol–water partition coefficient (Wildman–Crippen LogP) is 3.83. The van der Waals surface area contributed by atoms with Gasteiger partial charge < -0.3 is 9.73 Å². The van der Waals surface area contributed by atoms with Crippen molar-refractivity contribution in [2.45, 2.75) is 46.1 Å². The van der Waals surface area contributed by atoms with E-state index < -0.39 is 0 Å². The summed E-state index contributed by atoms with van der Waals surface area (Å²) in [5, 5.41) is 3.40. The van der Waals surface area contributed by atoms with Crippen LogP contribution in [-0.4, -0.2) is 17.6 Å². The molecule has 0 unspecified atom stereocenters. The molecule has 0 aliphatic carbocycles. The van der Waals surface area contributed by atoms with Crippen molar-refractivity contribution in [1.29, 1.82) is 0 Å². The fraction of sp³-hybridized carbons (Fsp3) is 0.471. The highest BCUT2D eigenvalue weighted by Gasteiger charge is 2.06. The van der Waals surface area contributed by atoms with Gasteiger partial charge in [-0.25, -0.2) is 4.98 Å². The molecule has 20 heavy (non-hydrogen) atoms. The van der Waals surface area contributed by atoms with Crippen LogP contribution < -0.4 is 5.32 Å². The smallest absolute Gasteiger partial charge is 0.194 e. The van der Waals surface area contributed by atoms with Crippen LogP contribution in [0, 0.1) is 0 Å². The van der Waals surface area contributed by atoms with E-state index in [-0.39, 0.29) is 0 Å². The van der Waals surface area contributed by atoms with E-state index >= 15 is 0 Å². The Morgan fingerprint density at radius 2 is 1.95 bits per heavy atom. The maximum absolute atomic E-state index is 5.81. The van der Waals surface area contributed by atoms with Crippen LogP contribution in [0.4, 0.5) is 0 Å². The van der Waals surface area contributed by atoms with Crippen molar-refractivity contribution < 1.29 is 4.42 Å². The first-order chi connectivity index (χ1) is 9.69. The molecule has 0 bridgehead atoms. The molecule has 0 atom stereocenters. The number of aromatic nitrogens is 1. The topological polar surface area (TPSA) is 38.1 Å². The van der Waals surface area contributed by atoms with Crippen molar-refractivity contribution in [3.05, 3.63) is 41.9 Å². The lowest BCUT2D eigenvalue weighted by Crippen LogP contribution is -2.23. The maximum Gasteiger partial charge on any atom is 0.194 e. The zero-order chi connectivity index (χ0) is 14.4. The van der Waals surface area contributed by atoms with Gasteiger partial charge in [-0.15, -0.1) is 0 Å². The largest absolute Gasteiger partial charge is 0.441 e. The number of aryl methyl sites for hydroxylation is 2. The van der Waals surface area contributed by atoms with E-state index in [0.717, 1.165) is 43.0 Å². The van der Waals surface area contributed by atoms with Gasteiger partial charge in [0.25, 0.3) is 0 Å². The van der Waals surface area contributed by atoms with Gasteiger partial charge in [-0.3, -0.25) is 0 Å². The van der Waals surface area contributed by atoms with Crippen molar-refractivity contribution in [3.8, 4) is 11.3 Å². The Morgan fingerprint density at radius 1 is 1.20 bits per heavy atom. The molecule has 108 valence electrons. The summed E-state index contributed by atoms with van der Waals surface area (Å²) in [6.07, 6.45) is 4.82. The summed E-state index contributed by atoms with van der Waals surface area (Å²) in [5.74, 6) is 1.68. The third-order valence-electron chi connectivity index (χ3n) is 3.32. The average Bonchev–Trinajstić information content (AvgIpc) is 2.92. The summed E-state index contributed by atoms with van der Waals surface area (Å²) in [4.78, 5) is 4.36. The molecular weight excluding hydrogens is 248 g/mol. The molecule has 0 aliphatic heterocycles. The molecule has 1 heterocycles. The van der Waals surface area contributed by atoms with Gasteiger partial charge in [0.15, 0.2) is 11.7 Å². The number of nitrogens with one attached hydrogen (secondary N) is 1. The Hall–Kier alpha value is -1.61. The fourth-order valence-electron chi connectivity index (χ4n) is 2.09. The minimum absolute atomic E-state index is 0.534. The predicted molar refractivity (Wildman–Crippen MR) is 82.8 cm³/mol. The molecule has 1 aromatic carbocycles. The number of rotatable bonds is 7. The third-order valence-corrected chi connectivity index (χ3v) is 3.32. The molecule has 0 saturated heterocycles. The Kier molecular flexibility index (Phi) is 5.36. The van der Waals surface area contributed by atoms with Gasteiger partial charge >= 0.3 is 0 Å². The SMILES string of the molecule is CCc1ccc(-c2cnc(CCCNC(C)C)o2)cc1. The highest BCUT2D eigenvalue weighted by atomic mass is 16.4. The number of benzene rings is 1. The molecule has 0 fully saturated rings. The van der Waals surface area contributed by atoms with Crippen LogP contribution >= 0.6 is 0 Å². The zero-order valence-corrected chi connectivity index (χ0v) is 12.6. The highest BCUT2D eigenvalue weighted by Crippen LogP contribution is 2.21. The molecule has 1 aromatic heterocycles. The van der Waals surface area contributed by atoms with Gasteiger partial charge in [-0.1, -0.05) is 45.0 Å². The van der Waals surface area contributed by atoms with Crippen molar-refractivity contribution in [2.75, 3.05) is 6.54 Å². The summed E-state index contributed by atoms with van der Waals surface area (Å²) in [6.45, 7) is 7.47. The molecule has 1 N–H and O–H groups in total. The van der Waals surface area contributed by atoms with Gasteiger partial charge in [0.1, 0.15) is 0 Å². The summed E-state index contributed by atoms with van der Waals surface area (Å²) < 4.78 is 5.81. The van der Waals surface area contributed by atoms with Crippen LogP contribution in [-0.2, 0) is 12.8 Å². The van der Waals surface area contributed by atoms with Crippen LogP contribution in [0.1, 0.15) is 38.6 Å². The van der Waals surface area contributed by atoms with Gasteiger partial charge in [0.05, 0.1) is 6.20 Å². The molecule has 0 spiro atoms. The monoisotopic (exact) mass is 272 g/mol. The molecule has 0 saturated carbocycles. The lowest BCUT2D eigenvalue weighted by Gasteiger charge is -2.05. The minimum Gasteiger partial charge on any atom is -0.441 e. The summed E-state index contributed by atoms with van der Waals surface area (Å²) >= 11 is 0. The number of nitrogens with zero attached hydrogens (tertiary/aromatic N) is 1. The van der Waals surface area contributed by atoms with Crippen molar-refractivity contribution in [1.82, 2.24) is 10.3 Å². The second-order valence-corrected chi connectivity index (χ2v) is 5.38. The lowest BCUT2D eigenvalue weighted by molar-refractivity contribution is 0.484. The van der Waals surface area contributed by atoms with E-state index in [9.17, 15) is 0 Å². The van der Waals surface area contributed by atoms with Crippen molar-refractivity contribution in [2.24, 2.45) is 0 Å². The molecular formula is C17H24N2O. The van der Waals surface area contributed by atoms with Gasteiger partial charge in [-0.05, 0) is 24.9 Å². The number of hydrogen-bond donors (Lipinski definition) is 1. The molecule has 2 rings (SSSR count). The second kappa shape index (κ2) is 7.25. The van der Waals surface area contributed by atoms with E-state index in [1.54, 1.807) is 0 Å². The van der Waals surface area contributed by atoms with Gasteiger partial charge in [-0.2, -0.15) is 0 Å². The van der Waals surface area contributed by atoms with Crippen LogP contribution in [0.5, 0.6) is 0 Å². The number of oxazole rings is 1. The molecule has 0 amide bonds. The van der Waals surface area contributed by atoms with E-state index in [1.165, 1.54) is 5.56 Å². The maximum atomic E-state index is 5.81. The number of hydrogen-bond acceptors (Lipinski definition) is 3. The Labute approximate surface area is 121 Å². The van der Waals surface area contributed by atoms with Gasteiger partial charge in [0.2, 0.25) is 0 Å². The molecule has 0 radical (unpaired) electrons. The Balaban J connectivity index is 1.90. The summed E-state index contributed by atoms with van der Waals surface area (Å²) in [5.41, 5.74) is 2.44. The molecule has 3 nitrogen and oxygen atoms in total. The average molecular weight is 272 g/mol. The standard InChI is InChI=1S/C17H24N2O/c1-4-14-7-9-15(10-8-14)16-12-19-17(20-16)6-5-11-18-13(2)3/h7-10,12-13,18H,4-6,11H2,1-3H3. The van der Waals surface area contributed by atoms with Crippen LogP contribution in [0.2, 0.25) is 0 Å². The van der Waals surface area contributed by atoms with Crippen LogP contribution in [0.15, 0.2) is 34.9 Å².